The minimum Gasteiger partial charge on any atom is -0.494 e. The Kier molecular flexibility index (Phi) is 5.82. The number of ether oxygens (including phenoxy) is 1. The fourth-order valence-corrected chi connectivity index (χ4v) is 2.40. The summed E-state index contributed by atoms with van der Waals surface area (Å²) in [5.74, 6) is 0.917. The Morgan fingerprint density at radius 2 is 1.86 bits per heavy atom. The molecule has 0 bridgehead atoms. The third-order valence-electron chi connectivity index (χ3n) is 3.63. The zero-order valence-corrected chi connectivity index (χ0v) is 13.0. The number of rotatable bonds is 7. The fraction of sp³-hybridized carbons (Fsp3) is 0.368. The molecule has 1 unspecified atom stereocenters. The first kappa shape index (κ1) is 15.6. The topological polar surface area (TPSA) is 35.2 Å². The van der Waals surface area contributed by atoms with Crippen LogP contribution in [0.4, 0.5) is 0 Å². The van der Waals surface area contributed by atoms with E-state index in [1.54, 1.807) is 0 Å². The van der Waals surface area contributed by atoms with Crippen LogP contribution in [0.2, 0.25) is 0 Å². The van der Waals surface area contributed by atoms with Crippen LogP contribution in [0.5, 0.6) is 5.75 Å². The summed E-state index contributed by atoms with van der Waals surface area (Å²) in [4.78, 5) is 0. The maximum atomic E-state index is 6.23. The number of hydrogen-bond donors (Lipinski definition) is 1. The molecule has 0 aliphatic heterocycles. The van der Waals surface area contributed by atoms with Gasteiger partial charge in [0, 0.05) is 12.5 Å². The first-order chi connectivity index (χ1) is 10.2. The molecular formula is C19H25NO. The third-order valence-corrected chi connectivity index (χ3v) is 3.63. The lowest BCUT2D eigenvalue weighted by molar-refractivity contribution is 0.298. The van der Waals surface area contributed by atoms with Crippen molar-refractivity contribution in [2.24, 2.45) is 5.73 Å². The molecule has 0 amide bonds. The zero-order chi connectivity index (χ0) is 15.1. The summed E-state index contributed by atoms with van der Waals surface area (Å²) in [7, 11) is 0. The number of benzene rings is 2. The molecule has 2 N–H and O–H groups in total. The van der Waals surface area contributed by atoms with E-state index < -0.39 is 0 Å². The predicted molar refractivity (Wildman–Crippen MR) is 88.7 cm³/mol. The summed E-state index contributed by atoms with van der Waals surface area (Å²) in [5.41, 5.74) is 10.0. The molecule has 0 heterocycles. The lowest BCUT2D eigenvalue weighted by Crippen LogP contribution is -2.14. The minimum absolute atomic E-state index is 0.0329. The van der Waals surface area contributed by atoms with Crippen LogP contribution in [-0.2, 0) is 6.42 Å². The highest BCUT2D eigenvalue weighted by molar-refractivity contribution is 5.27. The normalized spacial score (nSPS) is 12.1. The molecule has 112 valence electrons. The van der Waals surface area contributed by atoms with Gasteiger partial charge in [0.1, 0.15) is 5.75 Å². The molecule has 0 saturated carbocycles. The monoisotopic (exact) mass is 283 g/mol. The van der Waals surface area contributed by atoms with Crippen LogP contribution in [0.25, 0.3) is 0 Å². The van der Waals surface area contributed by atoms with Crippen molar-refractivity contribution < 1.29 is 4.74 Å². The number of hydrogen-bond acceptors (Lipinski definition) is 2. The minimum atomic E-state index is 0.0329. The maximum absolute atomic E-state index is 6.23. The smallest absolute Gasteiger partial charge is 0.119 e. The summed E-state index contributed by atoms with van der Waals surface area (Å²) in [5, 5.41) is 0. The van der Waals surface area contributed by atoms with Gasteiger partial charge >= 0.3 is 0 Å². The predicted octanol–water partition coefficient (Wildman–Crippen LogP) is 4.42. The Hall–Kier alpha value is -1.80. The molecule has 0 aliphatic rings. The second-order valence-corrected chi connectivity index (χ2v) is 5.55. The van der Waals surface area contributed by atoms with E-state index in [0.717, 1.165) is 18.6 Å². The highest BCUT2D eigenvalue weighted by Crippen LogP contribution is 2.17. The molecule has 1 atom stereocenters. The van der Waals surface area contributed by atoms with E-state index >= 15 is 0 Å². The van der Waals surface area contributed by atoms with Crippen molar-refractivity contribution in [2.75, 3.05) is 6.61 Å². The summed E-state index contributed by atoms with van der Waals surface area (Å²) >= 11 is 0. The van der Waals surface area contributed by atoms with Crippen molar-refractivity contribution in [3.05, 3.63) is 65.2 Å². The van der Waals surface area contributed by atoms with Gasteiger partial charge in [-0.15, -0.1) is 0 Å². The van der Waals surface area contributed by atoms with Crippen LogP contribution in [0.1, 0.15) is 42.5 Å². The van der Waals surface area contributed by atoms with E-state index in [4.69, 9.17) is 10.5 Å². The molecule has 0 fully saturated rings. The van der Waals surface area contributed by atoms with Gasteiger partial charge in [0.25, 0.3) is 0 Å². The molecule has 0 aliphatic carbocycles. The van der Waals surface area contributed by atoms with E-state index in [9.17, 15) is 0 Å². The molecule has 2 heteroatoms. The van der Waals surface area contributed by atoms with Crippen molar-refractivity contribution in [2.45, 2.75) is 39.2 Å². The molecule has 2 rings (SSSR count). The molecule has 2 aromatic rings. The summed E-state index contributed by atoms with van der Waals surface area (Å²) in [6.07, 6.45) is 3.13. The second-order valence-electron chi connectivity index (χ2n) is 5.55. The van der Waals surface area contributed by atoms with Crippen LogP contribution in [0.3, 0.4) is 0 Å². The molecule has 0 spiro atoms. The van der Waals surface area contributed by atoms with Crippen molar-refractivity contribution in [1.29, 1.82) is 0 Å². The Balaban J connectivity index is 1.82. The van der Waals surface area contributed by atoms with Gasteiger partial charge in [0.2, 0.25) is 0 Å². The molecular weight excluding hydrogens is 258 g/mol. The summed E-state index contributed by atoms with van der Waals surface area (Å²) < 4.78 is 5.76. The zero-order valence-electron chi connectivity index (χ0n) is 13.0. The Morgan fingerprint density at radius 3 is 2.52 bits per heavy atom. The van der Waals surface area contributed by atoms with Gasteiger partial charge in [-0.05, 0) is 42.2 Å². The molecule has 0 radical (unpaired) electrons. The average Bonchev–Trinajstić information content (AvgIpc) is 2.48. The first-order valence-corrected chi connectivity index (χ1v) is 7.73. The van der Waals surface area contributed by atoms with Gasteiger partial charge in [-0.2, -0.15) is 0 Å². The van der Waals surface area contributed by atoms with Crippen LogP contribution in [0, 0.1) is 6.92 Å². The Bertz CT molecular complexity index is 548. The van der Waals surface area contributed by atoms with Crippen LogP contribution >= 0.6 is 0 Å². The molecule has 21 heavy (non-hydrogen) atoms. The number of nitrogens with two attached hydrogens (primary N) is 1. The molecule has 0 saturated heterocycles. The molecule has 2 aromatic carbocycles. The highest BCUT2D eigenvalue weighted by atomic mass is 16.5. The van der Waals surface area contributed by atoms with Gasteiger partial charge in [-0.25, -0.2) is 0 Å². The third kappa shape index (κ3) is 4.91. The second kappa shape index (κ2) is 7.84. The van der Waals surface area contributed by atoms with E-state index in [2.05, 4.69) is 44.2 Å². The largest absolute Gasteiger partial charge is 0.494 e. The van der Waals surface area contributed by atoms with Crippen molar-refractivity contribution in [3.8, 4) is 5.75 Å². The highest BCUT2D eigenvalue weighted by Gasteiger charge is 2.06. The Morgan fingerprint density at radius 1 is 1.10 bits per heavy atom. The number of aryl methyl sites for hydroxylation is 2. The van der Waals surface area contributed by atoms with Gasteiger partial charge in [-0.1, -0.05) is 49.7 Å². The van der Waals surface area contributed by atoms with Gasteiger partial charge in [0.05, 0.1) is 6.61 Å². The quantitative estimate of drug-likeness (QED) is 0.816. The molecule has 0 aromatic heterocycles. The standard InChI is InChI=1S/C19H25NO/c1-3-5-16-8-10-17(11-9-16)19(20)12-13-21-18-7-4-6-15(2)14-18/h4,6-11,14,19H,3,5,12-13,20H2,1-2H3. The van der Waals surface area contributed by atoms with Gasteiger partial charge < -0.3 is 10.5 Å². The van der Waals surface area contributed by atoms with Crippen LogP contribution in [0.15, 0.2) is 48.5 Å². The van der Waals surface area contributed by atoms with Gasteiger partial charge in [0.15, 0.2) is 0 Å². The Labute approximate surface area is 127 Å². The SMILES string of the molecule is CCCc1ccc(C(N)CCOc2cccc(C)c2)cc1. The maximum Gasteiger partial charge on any atom is 0.119 e. The summed E-state index contributed by atoms with van der Waals surface area (Å²) in [6.45, 7) is 4.90. The van der Waals surface area contributed by atoms with Crippen molar-refractivity contribution in [3.63, 3.8) is 0 Å². The van der Waals surface area contributed by atoms with E-state index in [1.807, 2.05) is 18.2 Å². The average molecular weight is 283 g/mol. The fourth-order valence-electron chi connectivity index (χ4n) is 2.40. The molecule has 2 nitrogen and oxygen atoms in total. The lowest BCUT2D eigenvalue weighted by atomic mass is 10.0. The van der Waals surface area contributed by atoms with Crippen molar-refractivity contribution >= 4 is 0 Å². The summed E-state index contributed by atoms with van der Waals surface area (Å²) in [6, 6.07) is 16.8. The van der Waals surface area contributed by atoms with E-state index in [0.29, 0.717) is 6.61 Å². The van der Waals surface area contributed by atoms with Crippen molar-refractivity contribution in [1.82, 2.24) is 0 Å². The van der Waals surface area contributed by atoms with Crippen LogP contribution in [-0.4, -0.2) is 6.61 Å². The lowest BCUT2D eigenvalue weighted by Gasteiger charge is -2.13. The van der Waals surface area contributed by atoms with E-state index in [1.165, 1.54) is 23.1 Å². The van der Waals surface area contributed by atoms with E-state index in [-0.39, 0.29) is 6.04 Å². The first-order valence-electron chi connectivity index (χ1n) is 7.73. The van der Waals surface area contributed by atoms with Gasteiger partial charge in [-0.3, -0.25) is 0 Å². The van der Waals surface area contributed by atoms with Crippen LogP contribution < -0.4 is 10.5 Å².